The fraction of sp³-hybridized carbons (Fsp3) is 0.635. The number of hydrogen-bond donors (Lipinski definition) is 1. The van der Waals surface area contributed by atoms with Gasteiger partial charge in [0.1, 0.15) is 11.6 Å². The lowest BCUT2D eigenvalue weighted by molar-refractivity contribution is -0.0965. The molecule has 1 unspecified atom stereocenters. The first-order valence-electron chi connectivity index (χ1n) is 30.0. The average Bonchev–Trinajstić information content (AvgIpc) is 2.11. The normalized spacial score (nSPS) is 16.2. The Kier molecular flexibility index (Phi) is 22.2. The van der Waals surface area contributed by atoms with Crippen molar-refractivity contribution in [3.63, 3.8) is 0 Å². The van der Waals surface area contributed by atoms with Crippen molar-refractivity contribution in [3.8, 4) is 11.4 Å². The number of nitrogens with zero attached hydrogens (tertiary/aromatic N) is 19. The third kappa shape index (κ3) is 20.5. The first-order chi connectivity index (χ1) is 40.3. The predicted molar refractivity (Wildman–Crippen MR) is 333 cm³/mol. The molecule has 478 valence electrons. The maximum absolute atomic E-state index is 12.3. The van der Waals surface area contributed by atoms with Crippen LogP contribution in [0.1, 0.15) is 212 Å². The molecule has 7 aromatic heterocycles. The standard InChI is InChI=1S/C12H15N3.C11H14N4.C11H19N3O.2C10H17N3O.C9H15F2N3.H2/c1-12(2,3)11-9-15(14-13-11)10-7-5-4-6-8-10;1-11(2,3)10-8-15(14-13-10)9-4-6-12-7-5-9;1-11(2,3)10-8-14(13-12-10)9-4-6-15-7-5-9;1-9(2,3)8-5-13(12-11-8)10(4)6-14-7-10;1-9(2,3)8-6-13(12-11-8)7-10(14)4-5-10;1-6(8(10)11)14-5-7(12-13-14)9(2,3)4;/h4-9H,1-3H3;4-8H,1-3H3;8-9H,4-7H2,1-3H3;5H,6-7H2,1-4H3;6,14H,4-5,7H2,1-3H3;5-6,8H,1-4H3;1H. The molecule has 0 amide bonds. The molecule has 1 saturated carbocycles. The van der Waals surface area contributed by atoms with Gasteiger partial charge >= 0.3 is 0 Å². The highest BCUT2D eigenvalue weighted by atomic mass is 19.3. The molecule has 8 aromatic rings. The Morgan fingerprint density at radius 3 is 1.37 bits per heavy atom. The molecule has 3 aliphatic rings. The van der Waals surface area contributed by atoms with Crippen molar-refractivity contribution in [1.29, 1.82) is 0 Å². The van der Waals surface area contributed by atoms with Gasteiger partial charge in [-0.2, -0.15) is 0 Å². The van der Waals surface area contributed by atoms with Gasteiger partial charge in [-0.3, -0.25) is 4.98 Å². The van der Waals surface area contributed by atoms with E-state index in [4.69, 9.17) is 9.47 Å². The van der Waals surface area contributed by atoms with Crippen LogP contribution in [0.25, 0.3) is 11.4 Å². The zero-order chi connectivity index (χ0) is 64.4. The fourth-order valence-electron chi connectivity index (χ4n) is 7.95. The zero-order valence-electron chi connectivity index (χ0n) is 55.3. The van der Waals surface area contributed by atoms with Crippen molar-refractivity contribution < 1.29 is 24.8 Å². The summed E-state index contributed by atoms with van der Waals surface area (Å²) in [6, 6.07) is 13.4. The van der Waals surface area contributed by atoms with E-state index in [9.17, 15) is 13.9 Å². The van der Waals surface area contributed by atoms with Crippen molar-refractivity contribution in [3.05, 3.63) is 126 Å². The Hall–Kier alpha value is -7.05. The molecule has 11 rings (SSSR count). The third-order valence-corrected chi connectivity index (χ3v) is 14.6. The van der Waals surface area contributed by atoms with Gasteiger partial charge in [-0.15, -0.1) is 30.6 Å². The Labute approximate surface area is 514 Å². The first-order valence-corrected chi connectivity index (χ1v) is 30.0. The van der Waals surface area contributed by atoms with Crippen LogP contribution in [0.5, 0.6) is 0 Å². The molecule has 0 bridgehead atoms. The van der Waals surface area contributed by atoms with Crippen LogP contribution >= 0.6 is 0 Å². The summed E-state index contributed by atoms with van der Waals surface area (Å²) in [6.45, 7) is 45.2. The van der Waals surface area contributed by atoms with Crippen LogP contribution in [0.15, 0.2) is 92.0 Å². The van der Waals surface area contributed by atoms with Crippen LogP contribution in [0.4, 0.5) is 8.78 Å². The van der Waals surface area contributed by atoms with Crippen LogP contribution in [-0.2, 0) is 54.0 Å². The summed E-state index contributed by atoms with van der Waals surface area (Å²) >= 11 is 0. The van der Waals surface area contributed by atoms with Gasteiger partial charge in [-0.1, -0.05) is 174 Å². The zero-order valence-corrected chi connectivity index (χ0v) is 55.3. The summed E-state index contributed by atoms with van der Waals surface area (Å²) in [4.78, 5) is 3.96. The molecule has 1 aromatic carbocycles. The second-order valence-electron chi connectivity index (χ2n) is 29.3. The largest absolute Gasteiger partial charge is 0.388 e. The topological polar surface area (TPSA) is 236 Å². The minimum absolute atomic E-state index is 0. The molecule has 0 spiro atoms. The number of halogens is 2. The van der Waals surface area contributed by atoms with Crippen molar-refractivity contribution >= 4 is 0 Å². The predicted octanol–water partition coefficient (Wildman–Crippen LogP) is 11.5. The minimum atomic E-state index is -2.41. The molecule has 87 heavy (non-hydrogen) atoms. The molecule has 9 heterocycles. The van der Waals surface area contributed by atoms with Crippen LogP contribution in [-0.4, -0.2) is 139 Å². The maximum atomic E-state index is 12.3. The van der Waals surface area contributed by atoms with Gasteiger partial charge in [0.25, 0.3) is 6.43 Å². The van der Waals surface area contributed by atoms with Crippen LogP contribution < -0.4 is 0 Å². The Bertz CT molecular complexity index is 3230. The van der Waals surface area contributed by atoms with Crippen molar-refractivity contribution in [2.75, 3.05) is 26.4 Å². The molecule has 22 nitrogen and oxygen atoms in total. The molecule has 1 N–H and O–H groups in total. The highest BCUT2D eigenvalue weighted by Crippen LogP contribution is 2.37. The van der Waals surface area contributed by atoms with E-state index in [1.165, 1.54) is 11.6 Å². The number of aromatic nitrogens is 19. The SMILES string of the molecule is CC(C(F)F)n1cc(C(C)(C)C)nn1.CC(C)(C)c1cn(-c2ccccc2)nn1.CC(C)(C)c1cn(-c2ccncc2)nn1.CC(C)(C)c1cn(C2(C)COC2)nn1.CC(C)(C)c1cn(C2CCOCC2)nn1.CC(C)(C)c1cn(CC2(O)CC2)nn1.[HH]. The molecule has 1 aliphatic carbocycles. The van der Waals surface area contributed by atoms with E-state index in [0.29, 0.717) is 12.6 Å². The number of para-hydroxylation sites is 1. The summed E-state index contributed by atoms with van der Waals surface area (Å²) in [5.41, 5.74) is 7.45. The smallest absolute Gasteiger partial charge is 0.260 e. The summed E-state index contributed by atoms with van der Waals surface area (Å²) in [7, 11) is 0. The fourth-order valence-corrected chi connectivity index (χ4v) is 7.95. The van der Waals surface area contributed by atoms with E-state index in [-0.39, 0.29) is 39.5 Å². The van der Waals surface area contributed by atoms with Crippen LogP contribution in [0, 0.1) is 0 Å². The molecule has 2 saturated heterocycles. The van der Waals surface area contributed by atoms with Gasteiger partial charge in [0.15, 0.2) is 0 Å². The van der Waals surface area contributed by atoms with Gasteiger partial charge in [-0.05, 0) is 63.8 Å². The quantitative estimate of drug-likeness (QED) is 0.149. The summed E-state index contributed by atoms with van der Waals surface area (Å²) in [5.74, 6) is 0. The van der Waals surface area contributed by atoms with E-state index in [1.54, 1.807) is 32.6 Å². The van der Waals surface area contributed by atoms with Crippen molar-refractivity contribution in [1.82, 2.24) is 94.9 Å². The van der Waals surface area contributed by atoms with E-state index < -0.39 is 18.1 Å². The highest BCUT2D eigenvalue weighted by Gasteiger charge is 2.41. The maximum Gasteiger partial charge on any atom is 0.260 e. The molecule has 1 atom stereocenters. The molecular formula is C63H99F2N19O3. The molecule has 3 fully saturated rings. The van der Waals surface area contributed by atoms with Gasteiger partial charge in [0.05, 0.1) is 89.3 Å². The lowest BCUT2D eigenvalue weighted by Crippen LogP contribution is -2.49. The Morgan fingerprint density at radius 2 is 0.954 bits per heavy atom. The van der Waals surface area contributed by atoms with E-state index in [0.717, 1.165) is 97.6 Å². The van der Waals surface area contributed by atoms with E-state index in [1.807, 2.05) is 97.4 Å². The second-order valence-corrected chi connectivity index (χ2v) is 29.3. The minimum Gasteiger partial charge on any atom is -0.388 e. The average molecular weight is 1210 g/mol. The molecule has 2 aliphatic heterocycles. The number of rotatable bonds is 8. The lowest BCUT2D eigenvalue weighted by atomic mass is 9.93. The van der Waals surface area contributed by atoms with Gasteiger partial charge in [0, 0.05) is 84.3 Å². The third-order valence-electron chi connectivity index (χ3n) is 14.6. The second kappa shape index (κ2) is 28.0. The number of pyridine rings is 1. The van der Waals surface area contributed by atoms with Gasteiger partial charge in [0.2, 0.25) is 0 Å². The highest BCUT2D eigenvalue weighted by molar-refractivity contribution is 5.31. The van der Waals surface area contributed by atoms with Crippen LogP contribution in [0.2, 0.25) is 0 Å². The van der Waals surface area contributed by atoms with Crippen molar-refractivity contribution in [2.24, 2.45) is 0 Å². The lowest BCUT2D eigenvalue weighted by Gasteiger charge is -2.37. The monoisotopic (exact) mass is 1210 g/mol. The Morgan fingerprint density at radius 1 is 0.529 bits per heavy atom. The van der Waals surface area contributed by atoms with E-state index >= 15 is 0 Å². The van der Waals surface area contributed by atoms with Crippen molar-refractivity contribution in [2.45, 2.75) is 233 Å². The molecule has 24 heteroatoms. The summed E-state index contributed by atoms with van der Waals surface area (Å²) < 4.78 is 45.7. The number of alkyl halides is 2. The van der Waals surface area contributed by atoms with Crippen LogP contribution in [0.3, 0.4) is 0 Å². The summed E-state index contributed by atoms with van der Waals surface area (Å²) in [6.07, 6.45) is 16.5. The summed E-state index contributed by atoms with van der Waals surface area (Å²) in [5, 5.41) is 58.7. The Balaban J connectivity index is 0.000000192. The molecular weight excluding hydrogens is 1110 g/mol. The number of aliphatic hydroxyl groups is 1. The number of hydrogen-bond acceptors (Lipinski definition) is 16. The first kappa shape index (κ1) is 69.1. The van der Waals surface area contributed by atoms with E-state index in [2.05, 4.69) is 184 Å². The van der Waals surface area contributed by atoms with Gasteiger partial charge < -0.3 is 14.6 Å². The number of ether oxygens (including phenoxy) is 2. The molecule has 0 radical (unpaired) electrons. The number of benzene rings is 1. The van der Waals surface area contributed by atoms with Gasteiger partial charge in [-0.25, -0.2) is 36.9 Å².